The Morgan fingerprint density at radius 3 is 2.27 bits per heavy atom. The van der Waals surface area contributed by atoms with Crippen molar-refractivity contribution < 1.29 is 24.2 Å². The average Bonchev–Trinajstić information content (AvgIpc) is 3.23. The van der Waals surface area contributed by atoms with E-state index in [0.29, 0.717) is 38.3 Å². The molecule has 8 nitrogen and oxygen atoms in total. The minimum atomic E-state index is -1.26. The van der Waals surface area contributed by atoms with Crippen molar-refractivity contribution in [3.8, 4) is 23.1 Å². The van der Waals surface area contributed by atoms with Crippen molar-refractivity contribution >= 4 is 51.8 Å². The van der Waals surface area contributed by atoms with E-state index < -0.39 is 11.9 Å². The molecule has 2 N–H and O–H groups in total. The number of carbonyl (C=O) groups is 2. The van der Waals surface area contributed by atoms with E-state index in [9.17, 15) is 14.7 Å². The number of nitrogens with one attached hydrogen (secondary N) is 1. The summed E-state index contributed by atoms with van der Waals surface area (Å²) in [6, 6.07) is 23.3. The van der Waals surface area contributed by atoms with Gasteiger partial charge in [-0.05, 0) is 86.6 Å². The van der Waals surface area contributed by atoms with Gasteiger partial charge in [0.1, 0.15) is 22.7 Å². The van der Waals surface area contributed by atoms with Gasteiger partial charge >= 0.3 is 5.97 Å². The van der Waals surface area contributed by atoms with Gasteiger partial charge in [-0.2, -0.15) is 0 Å². The van der Waals surface area contributed by atoms with Gasteiger partial charge in [0.25, 0.3) is 5.91 Å². The molecule has 5 aromatic rings. The van der Waals surface area contributed by atoms with E-state index in [1.807, 2.05) is 13.8 Å². The molecule has 1 amide bonds. The first kappa shape index (κ1) is 27.1. The zero-order chi connectivity index (χ0) is 28.4. The van der Waals surface area contributed by atoms with Crippen molar-refractivity contribution in [3.05, 3.63) is 106 Å². The van der Waals surface area contributed by atoms with Crippen LogP contribution in [0.2, 0.25) is 10.0 Å². The Kier molecular flexibility index (Phi) is 7.64. The summed E-state index contributed by atoms with van der Waals surface area (Å²) in [7, 11) is 0. The summed E-state index contributed by atoms with van der Waals surface area (Å²) in [6.45, 7) is 3.83. The summed E-state index contributed by atoms with van der Waals surface area (Å²) in [6.07, 6.45) is -0.0235. The molecular formula is C30H23Cl2N3O5. The number of hydrogen-bond acceptors (Lipinski definition) is 5. The van der Waals surface area contributed by atoms with Crippen LogP contribution in [0.5, 0.6) is 17.4 Å². The van der Waals surface area contributed by atoms with Crippen molar-refractivity contribution in [1.29, 1.82) is 0 Å². The van der Waals surface area contributed by atoms with Gasteiger partial charge in [-0.25, -0.2) is 9.78 Å². The minimum Gasteiger partial charge on any atom is -0.491 e. The number of aromatic carboxylic acids is 1. The first-order chi connectivity index (χ1) is 19.2. The topological polar surface area (TPSA) is 103 Å². The molecule has 0 radical (unpaired) electrons. The van der Waals surface area contributed by atoms with Crippen LogP contribution in [0.25, 0.3) is 16.7 Å². The Labute approximate surface area is 239 Å². The lowest BCUT2D eigenvalue weighted by atomic mass is 10.2. The smallest absolute Gasteiger partial charge is 0.355 e. The molecular weight excluding hydrogens is 553 g/mol. The van der Waals surface area contributed by atoms with Gasteiger partial charge in [-0.1, -0.05) is 29.3 Å². The number of anilines is 1. The van der Waals surface area contributed by atoms with Crippen molar-refractivity contribution in [2.75, 3.05) is 5.32 Å². The molecule has 0 aliphatic rings. The Morgan fingerprint density at radius 2 is 1.62 bits per heavy atom. The molecule has 202 valence electrons. The lowest BCUT2D eigenvalue weighted by Crippen LogP contribution is -2.16. The molecule has 0 aliphatic carbocycles. The molecule has 40 heavy (non-hydrogen) atoms. The number of ether oxygens (including phenoxy) is 2. The second-order valence-electron chi connectivity index (χ2n) is 9.06. The normalized spacial score (nSPS) is 11.0. The number of amides is 1. The van der Waals surface area contributed by atoms with Gasteiger partial charge in [0.15, 0.2) is 5.69 Å². The fourth-order valence-corrected chi connectivity index (χ4v) is 4.48. The number of carboxylic acid groups (broad SMARTS) is 1. The van der Waals surface area contributed by atoms with E-state index in [-0.39, 0.29) is 28.9 Å². The zero-order valence-electron chi connectivity index (χ0n) is 21.4. The molecule has 0 fully saturated rings. The van der Waals surface area contributed by atoms with Gasteiger partial charge in [-0.3, -0.25) is 4.79 Å². The fraction of sp³-hybridized carbons (Fsp3) is 0.100. The van der Waals surface area contributed by atoms with Crippen molar-refractivity contribution in [3.63, 3.8) is 0 Å². The summed E-state index contributed by atoms with van der Waals surface area (Å²) < 4.78 is 13.2. The number of pyridine rings is 1. The molecule has 0 saturated heterocycles. The van der Waals surface area contributed by atoms with Crippen LogP contribution in [0.15, 0.2) is 84.9 Å². The van der Waals surface area contributed by atoms with E-state index in [2.05, 4.69) is 10.3 Å². The Balaban J connectivity index is 1.66. The lowest BCUT2D eigenvalue weighted by molar-refractivity contribution is 0.0690. The van der Waals surface area contributed by atoms with Gasteiger partial charge in [-0.15, -0.1) is 0 Å². The third-order valence-electron chi connectivity index (χ3n) is 5.82. The largest absolute Gasteiger partial charge is 0.491 e. The summed E-state index contributed by atoms with van der Waals surface area (Å²) >= 11 is 12.1. The quantitative estimate of drug-likeness (QED) is 0.195. The predicted molar refractivity (Wildman–Crippen MR) is 155 cm³/mol. The van der Waals surface area contributed by atoms with E-state index >= 15 is 0 Å². The molecule has 0 atom stereocenters. The number of carboxylic acids is 1. The highest BCUT2D eigenvalue weighted by molar-refractivity contribution is 6.31. The average molecular weight is 576 g/mol. The monoisotopic (exact) mass is 575 g/mol. The van der Waals surface area contributed by atoms with Gasteiger partial charge < -0.3 is 24.5 Å². The fourth-order valence-electron chi connectivity index (χ4n) is 4.17. The third kappa shape index (κ3) is 5.73. The number of hydrogen-bond donors (Lipinski definition) is 2. The molecule has 0 saturated carbocycles. The molecule has 0 aliphatic heterocycles. The van der Waals surface area contributed by atoms with Crippen LogP contribution in [0.1, 0.15) is 34.7 Å². The Morgan fingerprint density at radius 1 is 0.900 bits per heavy atom. The maximum Gasteiger partial charge on any atom is 0.355 e. The Hall–Kier alpha value is -4.53. The van der Waals surface area contributed by atoms with E-state index in [1.54, 1.807) is 84.9 Å². The van der Waals surface area contributed by atoms with Crippen LogP contribution in [-0.4, -0.2) is 32.6 Å². The number of fused-ring (bicyclic) bond motifs is 1. The third-order valence-corrected chi connectivity index (χ3v) is 6.31. The number of halogens is 2. The SMILES string of the molecule is CC(C)Oc1ccc(-n2c(C(=O)O)c(NC(=O)c3ccc(Cl)cc3)c3nc(Oc4cccc(Cl)c4)ccc32)cc1. The highest BCUT2D eigenvalue weighted by Gasteiger charge is 2.27. The summed E-state index contributed by atoms with van der Waals surface area (Å²) in [5.74, 6) is -0.513. The number of rotatable bonds is 8. The number of aromatic nitrogens is 2. The first-order valence-corrected chi connectivity index (χ1v) is 13.0. The highest BCUT2D eigenvalue weighted by atomic mass is 35.5. The lowest BCUT2D eigenvalue weighted by Gasteiger charge is -2.12. The van der Waals surface area contributed by atoms with E-state index in [0.717, 1.165) is 0 Å². The molecule has 0 bridgehead atoms. The maximum absolute atomic E-state index is 13.2. The molecule has 10 heteroatoms. The van der Waals surface area contributed by atoms with Crippen LogP contribution < -0.4 is 14.8 Å². The summed E-state index contributed by atoms with van der Waals surface area (Å²) in [4.78, 5) is 30.5. The molecule has 0 spiro atoms. The van der Waals surface area contributed by atoms with Crippen LogP contribution in [0.3, 0.4) is 0 Å². The number of nitrogens with zero attached hydrogens (tertiary/aromatic N) is 2. The highest BCUT2D eigenvalue weighted by Crippen LogP contribution is 2.36. The maximum atomic E-state index is 13.2. The first-order valence-electron chi connectivity index (χ1n) is 12.3. The molecule has 3 aromatic carbocycles. The standard InChI is InChI=1S/C30H23Cl2N3O5/c1-17(2)39-22-12-10-21(11-13-22)35-24-14-15-25(40-23-5-3-4-20(32)16-23)33-26(24)27(28(35)30(37)38)34-29(36)18-6-8-19(31)9-7-18/h3-17H,1-2H3,(H,34,36)(H,37,38). The predicted octanol–water partition coefficient (Wildman–Crippen LogP) is 7.86. The van der Waals surface area contributed by atoms with Gasteiger partial charge in [0, 0.05) is 27.4 Å². The second kappa shape index (κ2) is 11.3. The molecule has 2 heterocycles. The van der Waals surface area contributed by atoms with Crippen LogP contribution in [0.4, 0.5) is 5.69 Å². The van der Waals surface area contributed by atoms with E-state index in [4.69, 9.17) is 32.7 Å². The van der Waals surface area contributed by atoms with Crippen LogP contribution in [0, 0.1) is 0 Å². The molecule has 5 rings (SSSR count). The van der Waals surface area contributed by atoms with Crippen LogP contribution in [-0.2, 0) is 0 Å². The Bertz CT molecular complexity index is 1710. The van der Waals surface area contributed by atoms with Gasteiger partial charge in [0.05, 0.1) is 11.6 Å². The number of carbonyl (C=O) groups excluding carboxylic acids is 1. The van der Waals surface area contributed by atoms with Crippen molar-refractivity contribution in [2.24, 2.45) is 0 Å². The zero-order valence-corrected chi connectivity index (χ0v) is 22.9. The van der Waals surface area contributed by atoms with Crippen molar-refractivity contribution in [2.45, 2.75) is 20.0 Å². The summed E-state index contributed by atoms with van der Waals surface area (Å²) in [5, 5.41) is 14.1. The minimum absolute atomic E-state index is 0.0153. The summed E-state index contributed by atoms with van der Waals surface area (Å²) in [5.41, 5.74) is 1.34. The number of benzene rings is 3. The second-order valence-corrected chi connectivity index (χ2v) is 9.94. The molecule has 0 unspecified atom stereocenters. The van der Waals surface area contributed by atoms with Crippen LogP contribution >= 0.6 is 23.2 Å². The van der Waals surface area contributed by atoms with E-state index in [1.165, 1.54) is 4.57 Å². The van der Waals surface area contributed by atoms with Crippen molar-refractivity contribution in [1.82, 2.24) is 9.55 Å². The van der Waals surface area contributed by atoms with Gasteiger partial charge in [0.2, 0.25) is 5.88 Å². The molecule has 2 aromatic heterocycles.